The number of phosphoric acid groups is 1. The van der Waals surface area contributed by atoms with Crippen molar-refractivity contribution in [2.45, 2.75) is 0 Å². The number of rotatable bonds is 0. The highest BCUT2D eigenvalue weighted by Crippen LogP contribution is 2.25. The van der Waals surface area contributed by atoms with E-state index in [0.29, 0.717) is 0 Å². The smallest absolute Gasteiger partial charge is 0.344 e. The third-order valence-corrected chi connectivity index (χ3v) is 0. The summed E-state index contributed by atoms with van der Waals surface area (Å²) in [4.78, 5) is 21.6. The molecule has 17 heavy (non-hydrogen) atoms. The van der Waals surface area contributed by atoms with Crippen LogP contribution >= 0.6 is 20.2 Å². The molecular formula is H24ClN6O8PS. The standard InChI is InChI=1S/ClH.6H3N.H3O4P.H2O4S/c;;;;;;;2*1-5(2,3)4/h1H;6*1H3;(H3,1,2,3,4);(H2,1,2,3,4). The molecule has 0 aromatic heterocycles. The maximum absolute atomic E-state index is 8.88. The van der Waals surface area contributed by atoms with Gasteiger partial charge in [0.05, 0.1) is 0 Å². The highest BCUT2D eigenvalue weighted by molar-refractivity contribution is 7.79. The molecule has 0 unspecified atom stereocenters. The summed E-state index contributed by atoms with van der Waals surface area (Å²) >= 11 is 0. The number of hydrogen-bond acceptors (Lipinski definition) is 9. The molecule has 0 atom stereocenters. The average molecular weight is 335 g/mol. The normalized spacial score (nSPS) is 6.88. The lowest BCUT2D eigenvalue weighted by Crippen LogP contribution is -1.89. The topological polar surface area (TPSA) is 362 Å². The van der Waals surface area contributed by atoms with Crippen LogP contribution in [-0.4, -0.2) is 32.2 Å². The second kappa shape index (κ2) is 25.0. The second-order valence-corrected chi connectivity index (χ2v) is 2.88. The van der Waals surface area contributed by atoms with Crippen LogP contribution in [0.5, 0.6) is 0 Å². The molecule has 0 aromatic rings. The van der Waals surface area contributed by atoms with Gasteiger partial charge in [-0.15, -0.1) is 12.4 Å². The van der Waals surface area contributed by atoms with Crippen molar-refractivity contribution >= 4 is 30.6 Å². The maximum atomic E-state index is 8.88. The van der Waals surface area contributed by atoms with E-state index in [9.17, 15) is 0 Å². The Balaban J connectivity index is -0.00000000762. The fourth-order valence-electron chi connectivity index (χ4n) is 0. The van der Waals surface area contributed by atoms with Crippen LogP contribution in [0, 0.1) is 0 Å². The Hall–Kier alpha value is 0.0300. The molecule has 0 aliphatic rings. The van der Waals surface area contributed by atoms with Gasteiger partial charge >= 0.3 is 18.2 Å². The van der Waals surface area contributed by atoms with Crippen molar-refractivity contribution < 1.29 is 36.8 Å². The van der Waals surface area contributed by atoms with E-state index in [1.165, 1.54) is 0 Å². The summed E-state index contributed by atoms with van der Waals surface area (Å²) < 4.78 is 40.5. The first-order valence-electron chi connectivity index (χ1n) is 1.48. The fourth-order valence-corrected chi connectivity index (χ4v) is 0. The molecule has 0 aromatic carbocycles. The summed E-state index contributed by atoms with van der Waals surface area (Å²) in [6, 6.07) is 0. The minimum Gasteiger partial charge on any atom is -0.344 e. The average Bonchev–Trinajstić information content (AvgIpc) is 1.12. The lowest BCUT2D eigenvalue weighted by molar-refractivity contribution is 0.275. The largest absolute Gasteiger partial charge is 0.466 e. The molecule has 0 bridgehead atoms. The van der Waals surface area contributed by atoms with Crippen LogP contribution in [-0.2, 0) is 15.0 Å². The van der Waals surface area contributed by atoms with Gasteiger partial charge in [-0.25, -0.2) is 4.57 Å². The van der Waals surface area contributed by atoms with Gasteiger partial charge in [-0.3, -0.25) is 9.11 Å². The second-order valence-electron chi connectivity index (χ2n) is 0.961. The van der Waals surface area contributed by atoms with Gasteiger partial charge in [0.1, 0.15) is 0 Å². The molecule has 0 heterocycles. The van der Waals surface area contributed by atoms with E-state index < -0.39 is 18.2 Å². The molecule has 120 valence electrons. The van der Waals surface area contributed by atoms with Crippen molar-refractivity contribution in [2.75, 3.05) is 0 Å². The molecular weight excluding hydrogens is 311 g/mol. The SMILES string of the molecule is Cl.N.N.N.N.N.N.O=P(O)(O)O.O=S(=O)(O)O. The molecule has 0 aliphatic carbocycles. The van der Waals surface area contributed by atoms with Crippen molar-refractivity contribution in [1.82, 2.24) is 36.9 Å². The number of halogens is 1. The zero-order valence-electron chi connectivity index (χ0n) is 8.97. The molecule has 0 rings (SSSR count). The lowest BCUT2D eigenvalue weighted by atomic mass is 14.0. The van der Waals surface area contributed by atoms with Crippen molar-refractivity contribution in [1.29, 1.82) is 0 Å². The molecule has 0 fully saturated rings. The van der Waals surface area contributed by atoms with Crippen LogP contribution in [0.25, 0.3) is 0 Å². The van der Waals surface area contributed by atoms with Gasteiger partial charge in [0.2, 0.25) is 0 Å². The first-order chi connectivity index (χ1) is 4.00. The van der Waals surface area contributed by atoms with Crippen molar-refractivity contribution in [3.63, 3.8) is 0 Å². The van der Waals surface area contributed by atoms with Gasteiger partial charge in [0, 0.05) is 0 Å². The third-order valence-electron chi connectivity index (χ3n) is 0. The van der Waals surface area contributed by atoms with Crippen LogP contribution in [0.4, 0.5) is 0 Å². The van der Waals surface area contributed by atoms with Crippen LogP contribution < -0.4 is 36.9 Å². The van der Waals surface area contributed by atoms with Crippen LogP contribution in [0.15, 0.2) is 0 Å². The van der Waals surface area contributed by atoms with Gasteiger partial charge in [0.15, 0.2) is 0 Å². The van der Waals surface area contributed by atoms with Gasteiger partial charge < -0.3 is 51.6 Å². The summed E-state index contributed by atoms with van der Waals surface area (Å²) in [5.74, 6) is 0. The predicted molar refractivity (Wildman–Crippen MR) is 65.8 cm³/mol. The molecule has 0 aliphatic heterocycles. The molecule has 14 nitrogen and oxygen atoms in total. The van der Waals surface area contributed by atoms with Crippen LogP contribution in [0.1, 0.15) is 0 Å². The summed E-state index contributed by atoms with van der Waals surface area (Å²) in [6.07, 6.45) is 0. The van der Waals surface area contributed by atoms with Gasteiger partial charge in [-0.1, -0.05) is 0 Å². The Labute approximate surface area is 105 Å². The van der Waals surface area contributed by atoms with E-state index in [1.807, 2.05) is 0 Å². The maximum Gasteiger partial charge on any atom is 0.466 e. The van der Waals surface area contributed by atoms with Gasteiger partial charge in [-0.05, 0) is 0 Å². The van der Waals surface area contributed by atoms with E-state index in [1.54, 1.807) is 0 Å². The quantitative estimate of drug-likeness (QED) is 0.202. The van der Waals surface area contributed by atoms with E-state index in [0.717, 1.165) is 0 Å². The highest BCUT2D eigenvalue weighted by Gasteiger charge is 2.00. The molecule has 0 saturated heterocycles. The van der Waals surface area contributed by atoms with E-state index in [4.69, 9.17) is 36.8 Å². The van der Waals surface area contributed by atoms with Crippen molar-refractivity contribution in [3.05, 3.63) is 0 Å². The zero-order chi connectivity index (χ0) is 9.00. The van der Waals surface area contributed by atoms with Gasteiger partial charge in [0.25, 0.3) is 0 Å². The Bertz CT molecular complexity index is 208. The lowest BCUT2D eigenvalue weighted by Gasteiger charge is -1.82. The molecule has 0 spiro atoms. The Morgan fingerprint density at radius 3 is 0.706 bits per heavy atom. The van der Waals surface area contributed by atoms with Crippen molar-refractivity contribution in [3.8, 4) is 0 Å². The number of hydrogen-bond donors (Lipinski definition) is 11. The summed E-state index contributed by atoms with van der Waals surface area (Å²) in [7, 11) is -9.31. The van der Waals surface area contributed by atoms with Crippen molar-refractivity contribution in [2.24, 2.45) is 0 Å². The first kappa shape index (κ1) is 67.9. The van der Waals surface area contributed by atoms with Gasteiger partial charge in [-0.2, -0.15) is 8.42 Å². The zero-order valence-corrected chi connectivity index (χ0v) is 11.5. The van der Waals surface area contributed by atoms with E-state index >= 15 is 0 Å². The molecule has 17 heteroatoms. The fraction of sp³-hybridized carbons (Fsp3) is 0. The summed E-state index contributed by atoms with van der Waals surface area (Å²) in [5.41, 5.74) is 0. The minimum atomic E-state index is -4.67. The molecule has 0 amide bonds. The summed E-state index contributed by atoms with van der Waals surface area (Å²) in [5, 5.41) is 0. The Kier molecular flexibility index (Phi) is 99.9. The Morgan fingerprint density at radius 1 is 0.706 bits per heavy atom. The van der Waals surface area contributed by atoms with Crippen LogP contribution in [0.3, 0.4) is 0 Å². The molecule has 0 radical (unpaired) electrons. The minimum absolute atomic E-state index is 0. The van der Waals surface area contributed by atoms with Crippen LogP contribution in [0.2, 0.25) is 0 Å². The van der Waals surface area contributed by atoms with E-state index in [-0.39, 0.29) is 49.3 Å². The highest BCUT2D eigenvalue weighted by atomic mass is 35.5. The molecule has 0 saturated carbocycles. The third kappa shape index (κ3) is 3510000. The Morgan fingerprint density at radius 2 is 0.706 bits per heavy atom. The monoisotopic (exact) mass is 334 g/mol. The summed E-state index contributed by atoms with van der Waals surface area (Å²) in [6.45, 7) is 0. The predicted octanol–water partition coefficient (Wildman–Crippen LogP) is -0.188. The van der Waals surface area contributed by atoms with E-state index in [2.05, 4.69) is 0 Å². The first-order valence-corrected chi connectivity index (χ1v) is 4.44. The molecule has 23 N–H and O–H groups in total.